The van der Waals surface area contributed by atoms with Crippen LogP contribution in [0.15, 0.2) is 30.3 Å². The Bertz CT molecular complexity index is 474. The van der Waals surface area contributed by atoms with Crippen LogP contribution in [0.4, 0.5) is 0 Å². The van der Waals surface area contributed by atoms with Crippen molar-refractivity contribution in [1.82, 2.24) is 10.6 Å². The van der Waals surface area contributed by atoms with Crippen LogP contribution in [0, 0.1) is 0 Å². The van der Waals surface area contributed by atoms with E-state index in [4.69, 9.17) is 4.74 Å². The summed E-state index contributed by atoms with van der Waals surface area (Å²) in [6.07, 6.45) is 7.79. The standard InChI is InChI=1S/C17H24N2O2/c1-18-14-6-8-15(9-7-14)19-17(20)12-5-13-3-10-16(21-2)11-4-13/h3-5,10-12,14-15,18H,6-9H2,1-2H3,(H,19,20). The van der Waals surface area contributed by atoms with Gasteiger partial charge in [-0.15, -0.1) is 0 Å². The lowest BCUT2D eigenvalue weighted by Gasteiger charge is -2.28. The number of benzene rings is 1. The Balaban J connectivity index is 1.79. The molecule has 21 heavy (non-hydrogen) atoms. The number of hydrogen-bond donors (Lipinski definition) is 2. The van der Waals surface area contributed by atoms with Crippen molar-refractivity contribution in [2.24, 2.45) is 0 Å². The lowest BCUT2D eigenvalue weighted by Crippen LogP contribution is -2.40. The van der Waals surface area contributed by atoms with Crippen LogP contribution in [-0.4, -0.2) is 32.1 Å². The summed E-state index contributed by atoms with van der Waals surface area (Å²) in [6.45, 7) is 0. The zero-order valence-electron chi connectivity index (χ0n) is 12.8. The molecule has 2 rings (SSSR count). The van der Waals surface area contributed by atoms with Crippen molar-refractivity contribution in [2.45, 2.75) is 37.8 Å². The Morgan fingerprint density at radius 3 is 2.33 bits per heavy atom. The first-order valence-electron chi connectivity index (χ1n) is 7.51. The molecule has 2 N–H and O–H groups in total. The molecule has 4 nitrogen and oxygen atoms in total. The maximum Gasteiger partial charge on any atom is 0.244 e. The smallest absolute Gasteiger partial charge is 0.244 e. The normalized spacial score (nSPS) is 22.2. The molecule has 0 bridgehead atoms. The first-order valence-corrected chi connectivity index (χ1v) is 7.51. The molecule has 0 aliphatic heterocycles. The number of amides is 1. The summed E-state index contributed by atoms with van der Waals surface area (Å²) in [5, 5.41) is 6.37. The van der Waals surface area contributed by atoms with Gasteiger partial charge < -0.3 is 15.4 Å². The summed E-state index contributed by atoms with van der Waals surface area (Å²) >= 11 is 0. The fourth-order valence-electron chi connectivity index (χ4n) is 2.66. The highest BCUT2D eigenvalue weighted by Gasteiger charge is 2.20. The summed E-state index contributed by atoms with van der Waals surface area (Å²) < 4.78 is 5.10. The molecule has 1 saturated carbocycles. The summed E-state index contributed by atoms with van der Waals surface area (Å²) in [5.74, 6) is 0.802. The van der Waals surface area contributed by atoms with Gasteiger partial charge in [0.2, 0.25) is 5.91 Å². The molecule has 0 saturated heterocycles. The average Bonchev–Trinajstić information content (AvgIpc) is 2.54. The van der Waals surface area contributed by atoms with Crippen LogP contribution in [0.2, 0.25) is 0 Å². The number of hydrogen-bond acceptors (Lipinski definition) is 3. The predicted octanol–water partition coefficient (Wildman–Crippen LogP) is 2.36. The van der Waals surface area contributed by atoms with Gasteiger partial charge in [0, 0.05) is 18.2 Å². The topological polar surface area (TPSA) is 50.4 Å². The fraction of sp³-hybridized carbons (Fsp3) is 0.471. The van der Waals surface area contributed by atoms with Crippen molar-refractivity contribution in [1.29, 1.82) is 0 Å². The van der Waals surface area contributed by atoms with E-state index in [2.05, 4.69) is 10.6 Å². The number of carbonyl (C=O) groups is 1. The highest BCUT2D eigenvalue weighted by Crippen LogP contribution is 2.18. The van der Waals surface area contributed by atoms with Crippen molar-refractivity contribution in [3.63, 3.8) is 0 Å². The minimum Gasteiger partial charge on any atom is -0.497 e. The maximum atomic E-state index is 11.9. The minimum atomic E-state index is -0.0151. The molecule has 0 radical (unpaired) electrons. The molecule has 4 heteroatoms. The van der Waals surface area contributed by atoms with Crippen LogP contribution < -0.4 is 15.4 Å². The van der Waals surface area contributed by atoms with Crippen LogP contribution >= 0.6 is 0 Å². The zero-order valence-corrected chi connectivity index (χ0v) is 12.8. The molecule has 1 aromatic carbocycles. The fourth-order valence-corrected chi connectivity index (χ4v) is 2.66. The third-order valence-corrected chi connectivity index (χ3v) is 4.02. The van der Waals surface area contributed by atoms with E-state index in [1.54, 1.807) is 13.2 Å². The van der Waals surface area contributed by atoms with E-state index in [0.29, 0.717) is 12.1 Å². The summed E-state index contributed by atoms with van der Waals surface area (Å²) in [5.41, 5.74) is 0.991. The number of rotatable bonds is 5. The zero-order chi connectivity index (χ0) is 15.1. The van der Waals surface area contributed by atoms with E-state index in [0.717, 1.165) is 37.0 Å². The molecule has 1 aromatic rings. The molecular formula is C17H24N2O2. The molecule has 1 aliphatic rings. The van der Waals surface area contributed by atoms with Gasteiger partial charge in [0.05, 0.1) is 7.11 Å². The average molecular weight is 288 g/mol. The number of ether oxygens (including phenoxy) is 1. The molecule has 0 unspecified atom stereocenters. The molecule has 114 valence electrons. The van der Waals surface area contributed by atoms with Crippen LogP contribution in [0.25, 0.3) is 6.08 Å². The third-order valence-electron chi connectivity index (χ3n) is 4.02. The molecular weight excluding hydrogens is 264 g/mol. The van der Waals surface area contributed by atoms with Gasteiger partial charge in [-0.1, -0.05) is 12.1 Å². The molecule has 1 fully saturated rings. The first kappa shape index (κ1) is 15.6. The highest BCUT2D eigenvalue weighted by molar-refractivity contribution is 5.91. The number of carbonyl (C=O) groups excluding carboxylic acids is 1. The van der Waals surface area contributed by atoms with Gasteiger partial charge in [-0.2, -0.15) is 0 Å². The van der Waals surface area contributed by atoms with E-state index < -0.39 is 0 Å². The Kier molecular flexibility index (Phi) is 5.81. The van der Waals surface area contributed by atoms with Crippen molar-refractivity contribution in [3.05, 3.63) is 35.9 Å². The molecule has 1 amide bonds. The van der Waals surface area contributed by atoms with E-state index in [1.807, 2.05) is 37.4 Å². The monoisotopic (exact) mass is 288 g/mol. The van der Waals surface area contributed by atoms with Crippen molar-refractivity contribution in [2.75, 3.05) is 14.2 Å². The predicted molar refractivity (Wildman–Crippen MR) is 85.3 cm³/mol. The van der Waals surface area contributed by atoms with Gasteiger partial charge >= 0.3 is 0 Å². The van der Waals surface area contributed by atoms with Crippen LogP contribution in [-0.2, 0) is 4.79 Å². The molecule has 0 aromatic heterocycles. The Morgan fingerprint density at radius 1 is 1.14 bits per heavy atom. The van der Waals surface area contributed by atoms with Gasteiger partial charge in [0.25, 0.3) is 0 Å². The quantitative estimate of drug-likeness (QED) is 0.818. The highest BCUT2D eigenvalue weighted by atomic mass is 16.5. The molecule has 0 atom stereocenters. The van der Waals surface area contributed by atoms with Gasteiger partial charge in [-0.05, 0) is 56.5 Å². The van der Waals surface area contributed by atoms with Crippen LogP contribution in [0.3, 0.4) is 0 Å². The first-order chi connectivity index (χ1) is 10.2. The second-order valence-corrected chi connectivity index (χ2v) is 5.45. The lowest BCUT2D eigenvalue weighted by atomic mass is 9.91. The number of methoxy groups -OCH3 is 1. The Hall–Kier alpha value is -1.81. The van der Waals surface area contributed by atoms with Gasteiger partial charge in [0.1, 0.15) is 5.75 Å². The largest absolute Gasteiger partial charge is 0.497 e. The summed E-state index contributed by atoms with van der Waals surface area (Å²) in [4.78, 5) is 11.9. The molecule has 1 aliphatic carbocycles. The Morgan fingerprint density at radius 2 is 1.76 bits per heavy atom. The van der Waals surface area contributed by atoms with Crippen LogP contribution in [0.1, 0.15) is 31.2 Å². The van der Waals surface area contributed by atoms with Crippen LogP contribution in [0.5, 0.6) is 5.75 Å². The second kappa shape index (κ2) is 7.84. The lowest BCUT2D eigenvalue weighted by molar-refractivity contribution is -0.117. The maximum absolute atomic E-state index is 11.9. The summed E-state index contributed by atoms with van der Waals surface area (Å²) in [6, 6.07) is 8.55. The van der Waals surface area contributed by atoms with E-state index >= 15 is 0 Å². The molecule has 0 spiro atoms. The van der Waals surface area contributed by atoms with Crippen molar-refractivity contribution < 1.29 is 9.53 Å². The number of nitrogens with one attached hydrogen (secondary N) is 2. The Labute approximate surface area is 126 Å². The van der Waals surface area contributed by atoms with Gasteiger partial charge in [-0.25, -0.2) is 0 Å². The third kappa shape index (κ3) is 4.90. The van der Waals surface area contributed by atoms with Gasteiger partial charge in [0.15, 0.2) is 0 Å². The van der Waals surface area contributed by atoms with Crippen molar-refractivity contribution in [3.8, 4) is 5.75 Å². The molecule has 0 heterocycles. The summed E-state index contributed by atoms with van der Waals surface area (Å²) in [7, 11) is 3.64. The van der Waals surface area contributed by atoms with E-state index in [9.17, 15) is 4.79 Å². The van der Waals surface area contributed by atoms with Crippen molar-refractivity contribution >= 4 is 12.0 Å². The second-order valence-electron chi connectivity index (χ2n) is 5.45. The van der Waals surface area contributed by atoms with Gasteiger partial charge in [-0.3, -0.25) is 4.79 Å². The van der Waals surface area contributed by atoms with E-state index in [1.165, 1.54) is 0 Å². The van der Waals surface area contributed by atoms with E-state index in [-0.39, 0.29) is 5.91 Å². The SMILES string of the molecule is CNC1CCC(NC(=O)C=Cc2ccc(OC)cc2)CC1. The minimum absolute atomic E-state index is 0.0151.